The van der Waals surface area contributed by atoms with Gasteiger partial charge in [-0.15, -0.1) is 11.6 Å². The number of alkyl halides is 1. The molecule has 0 fully saturated rings. The zero-order chi connectivity index (χ0) is 10.6. The van der Waals surface area contributed by atoms with Crippen molar-refractivity contribution in [2.24, 2.45) is 0 Å². The van der Waals surface area contributed by atoms with Crippen LogP contribution in [-0.2, 0) is 4.79 Å². The molecule has 1 aromatic rings. The molecule has 0 aliphatic heterocycles. The van der Waals surface area contributed by atoms with E-state index in [1.807, 2.05) is 0 Å². The topological polar surface area (TPSA) is 58.6 Å². The summed E-state index contributed by atoms with van der Waals surface area (Å²) in [5, 5.41) is 12.0. The number of hydrogen-bond donors (Lipinski definition) is 2. The van der Waals surface area contributed by atoms with E-state index in [-0.39, 0.29) is 23.2 Å². The van der Waals surface area contributed by atoms with E-state index in [4.69, 9.17) is 16.3 Å². The number of methoxy groups -OCH3 is 1. The first-order valence-corrected chi connectivity index (χ1v) is 4.44. The lowest BCUT2D eigenvalue weighted by Crippen LogP contribution is -2.12. The molecule has 76 valence electrons. The van der Waals surface area contributed by atoms with Crippen LogP contribution in [0.15, 0.2) is 18.2 Å². The molecule has 0 aliphatic carbocycles. The largest absolute Gasteiger partial charge is 0.503 e. The minimum Gasteiger partial charge on any atom is -0.503 e. The molecular weight excluding hydrogens is 206 g/mol. The first-order chi connectivity index (χ1) is 6.69. The fourth-order valence-corrected chi connectivity index (χ4v) is 1.04. The standard InChI is InChI=1S/C9H10ClNO3/c1-14-7-4-2-3-6(9(7)13)11-8(12)5-10/h2-4,13H,5H2,1H3,(H,11,12). The summed E-state index contributed by atoms with van der Waals surface area (Å²) in [6.45, 7) is 0. The van der Waals surface area contributed by atoms with Crippen molar-refractivity contribution >= 4 is 23.2 Å². The van der Waals surface area contributed by atoms with Crippen molar-refractivity contribution in [3.8, 4) is 11.5 Å². The fraction of sp³-hybridized carbons (Fsp3) is 0.222. The molecule has 0 unspecified atom stereocenters. The second-order valence-electron chi connectivity index (χ2n) is 2.54. The molecule has 0 spiro atoms. The van der Waals surface area contributed by atoms with Crippen LogP contribution in [0.5, 0.6) is 11.5 Å². The number of anilines is 1. The van der Waals surface area contributed by atoms with Gasteiger partial charge in [0.2, 0.25) is 5.91 Å². The Hall–Kier alpha value is -1.42. The number of nitrogens with one attached hydrogen (secondary N) is 1. The third-order valence-electron chi connectivity index (χ3n) is 1.61. The Balaban J connectivity index is 2.92. The number of benzene rings is 1. The molecule has 0 aliphatic rings. The van der Waals surface area contributed by atoms with E-state index in [1.54, 1.807) is 18.2 Å². The van der Waals surface area contributed by atoms with Gasteiger partial charge in [0.25, 0.3) is 0 Å². The summed E-state index contributed by atoms with van der Waals surface area (Å²) in [4.78, 5) is 10.9. The summed E-state index contributed by atoms with van der Waals surface area (Å²) in [5.41, 5.74) is 0.287. The number of halogens is 1. The van der Waals surface area contributed by atoms with Crippen LogP contribution in [0.3, 0.4) is 0 Å². The highest BCUT2D eigenvalue weighted by Gasteiger charge is 2.08. The number of carbonyl (C=O) groups excluding carboxylic acids is 1. The zero-order valence-corrected chi connectivity index (χ0v) is 8.34. The molecular formula is C9H10ClNO3. The lowest BCUT2D eigenvalue weighted by atomic mass is 10.2. The smallest absolute Gasteiger partial charge is 0.239 e. The van der Waals surface area contributed by atoms with Crippen molar-refractivity contribution in [3.63, 3.8) is 0 Å². The molecule has 1 aromatic carbocycles. The predicted octanol–water partition coefficient (Wildman–Crippen LogP) is 1.58. The summed E-state index contributed by atoms with van der Waals surface area (Å²) in [6.07, 6.45) is 0. The highest BCUT2D eigenvalue weighted by molar-refractivity contribution is 6.29. The Labute approximate surface area is 86.4 Å². The molecule has 0 bridgehead atoms. The van der Waals surface area contributed by atoms with Gasteiger partial charge in [-0.3, -0.25) is 4.79 Å². The van der Waals surface area contributed by atoms with Gasteiger partial charge in [0.1, 0.15) is 5.88 Å². The van der Waals surface area contributed by atoms with E-state index in [9.17, 15) is 9.90 Å². The molecule has 14 heavy (non-hydrogen) atoms. The molecule has 5 heteroatoms. The summed E-state index contributed by atoms with van der Waals surface area (Å²) in [5.74, 6) is -0.336. The van der Waals surface area contributed by atoms with Crippen molar-refractivity contribution in [2.75, 3.05) is 18.3 Å². The summed E-state index contributed by atoms with van der Waals surface area (Å²) >= 11 is 5.30. The molecule has 0 radical (unpaired) electrons. The van der Waals surface area contributed by atoms with Crippen molar-refractivity contribution in [1.82, 2.24) is 0 Å². The van der Waals surface area contributed by atoms with Crippen LogP contribution in [0.2, 0.25) is 0 Å². The predicted molar refractivity (Wildman–Crippen MR) is 54.0 cm³/mol. The maximum atomic E-state index is 10.9. The van der Waals surface area contributed by atoms with E-state index in [1.165, 1.54) is 7.11 Å². The molecule has 1 amide bonds. The van der Waals surface area contributed by atoms with Crippen LogP contribution < -0.4 is 10.1 Å². The monoisotopic (exact) mass is 215 g/mol. The minimum absolute atomic E-state index is 0.103. The van der Waals surface area contributed by atoms with Crippen molar-refractivity contribution in [1.29, 1.82) is 0 Å². The van der Waals surface area contributed by atoms with E-state index < -0.39 is 0 Å². The SMILES string of the molecule is COc1cccc(NC(=O)CCl)c1O. The third kappa shape index (κ3) is 2.29. The molecule has 1 rings (SSSR count). The normalized spacial score (nSPS) is 9.57. The van der Waals surface area contributed by atoms with E-state index in [0.717, 1.165) is 0 Å². The Morgan fingerprint density at radius 2 is 2.36 bits per heavy atom. The molecule has 0 heterocycles. The maximum absolute atomic E-state index is 10.9. The fourth-order valence-electron chi connectivity index (χ4n) is 0.972. The van der Waals surface area contributed by atoms with Crippen LogP contribution in [0.4, 0.5) is 5.69 Å². The molecule has 2 N–H and O–H groups in total. The van der Waals surface area contributed by atoms with Gasteiger partial charge < -0.3 is 15.2 Å². The van der Waals surface area contributed by atoms with Crippen molar-refractivity contribution in [2.45, 2.75) is 0 Å². The summed E-state index contributed by atoms with van der Waals surface area (Å²) in [7, 11) is 1.43. The Morgan fingerprint density at radius 3 is 2.93 bits per heavy atom. The van der Waals surface area contributed by atoms with Gasteiger partial charge in [0.05, 0.1) is 12.8 Å². The maximum Gasteiger partial charge on any atom is 0.239 e. The van der Waals surface area contributed by atoms with Crippen LogP contribution in [0.25, 0.3) is 0 Å². The van der Waals surface area contributed by atoms with Gasteiger partial charge in [0, 0.05) is 0 Å². The first kappa shape index (κ1) is 10.7. The van der Waals surface area contributed by atoms with Gasteiger partial charge in [-0.05, 0) is 12.1 Å². The summed E-state index contributed by atoms with van der Waals surface area (Å²) in [6, 6.07) is 4.80. The molecule has 4 nitrogen and oxygen atoms in total. The van der Waals surface area contributed by atoms with Gasteiger partial charge in [-0.25, -0.2) is 0 Å². The Kier molecular flexibility index (Phi) is 3.59. The number of hydrogen-bond acceptors (Lipinski definition) is 3. The molecule has 0 saturated heterocycles. The lowest BCUT2D eigenvalue weighted by Gasteiger charge is -2.08. The third-order valence-corrected chi connectivity index (χ3v) is 1.86. The van der Waals surface area contributed by atoms with Crippen LogP contribution in [0.1, 0.15) is 0 Å². The highest BCUT2D eigenvalue weighted by Crippen LogP contribution is 2.33. The van der Waals surface area contributed by atoms with Crippen LogP contribution in [-0.4, -0.2) is 24.0 Å². The second kappa shape index (κ2) is 4.72. The molecule has 0 aromatic heterocycles. The second-order valence-corrected chi connectivity index (χ2v) is 2.81. The molecule has 0 saturated carbocycles. The lowest BCUT2D eigenvalue weighted by molar-refractivity contribution is -0.113. The Bertz CT molecular complexity index is 341. The number of aromatic hydroxyl groups is 1. The Morgan fingerprint density at radius 1 is 1.64 bits per heavy atom. The summed E-state index contributed by atoms with van der Waals surface area (Å²) < 4.78 is 4.87. The van der Waals surface area contributed by atoms with Gasteiger partial charge in [0.15, 0.2) is 11.5 Å². The number of ether oxygens (including phenoxy) is 1. The van der Waals surface area contributed by atoms with Crippen molar-refractivity contribution < 1.29 is 14.6 Å². The van der Waals surface area contributed by atoms with Gasteiger partial charge in [-0.1, -0.05) is 6.07 Å². The number of phenols is 1. The number of carbonyl (C=O) groups is 1. The minimum atomic E-state index is -0.379. The average Bonchev–Trinajstić information content (AvgIpc) is 2.21. The van der Waals surface area contributed by atoms with Crippen LogP contribution >= 0.6 is 11.6 Å². The number of phenolic OH excluding ortho intramolecular Hbond substituents is 1. The van der Waals surface area contributed by atoms with Crippen molar-refractivity contribution in [3.05, 3.63) is 18.2 Å². The number of para-hydroxylation sites is 1. The van der Waals surface area contributed by atoms with E-state index >= 15 is 0 Å². The quantitative estimate of drug-likeness (QED) is 0.595. The average molecular weight is 216 g/mol. The zero-order valence-electron chi connectivity index (χ0n) is 7.58. The van der Waals surface area contributed by atoms with Gasteiger partial charge in [-0.2, -0.15) is 0 Å². The number of rotatable bonds is 3. The first-order valence-electron chi connectivity index (χ1n) is 3.90. The van der Waals surface area contributed by atoms with E-state index in [2.05, 4.69) is 5.32 Å². The highest BCUT2D eigenvalue weighted by atomic mass is 35.5. The van der Waals surface area contributed by atoms with E-state index in [0.29, 0.717) is 5.75 Å². The van der Waals surface area contributed by atoms with Crippen LogP contribution in [0, 0.1) is 0 Å². The molecule has 0 atom stereocenters. The number of amides is 1. The van der Waals surface area contributed by atoms with Gasteiger partial charge >= 0.3 is 0 Å².